The molecular weight excluding hydrogens is 350 g/mol. The van der Waals surface area contributed by atoms with Crippen molar-refractivity contribution in [1.82, 2.24) is 14.4 Å². The highest BCUT2D eigenvalue weighted by molar-refractivity contribution is 5.96. The second-order valence-electron chi connectivity index (χ2n) is 8.02. The van der Waals surface area contributed by atoms with Gasteiger partial charge in [-0.1, -0.05) is 26.0 Å². The summed E-state index contributed by atoms with van der Waals surface area (Å²) in [6.07, 6.45) is 0.820. The van der Waals surface area contributed by atoms with Crippen LogP contribution in [0.5, 0.6) is 0 Å². The van der Waals surface area contributed by atoms with Gasteiger partial charge in [0.05, 0.1) is 5.56 Å². The fourth-order valence-electron chi connectivity index (χ4n) is 3.99. The van der Waals surface area contributed by atoms with Gasteiger partial charge in [0.25, 0.3) is 5.91 Å². The molecule has 1 saturated heterocycles. The van der Waals surface area contributed by atoms with E-state index in [2.05, 4.69) is 42.7 Å². The van der Waals surface area contributed by atoms with E-state index in [0.29, 0.717) is 25.6 Å². The van der Waals surface area contributed by atoms with Crippen molar-refractivity contribution >= 4 is 11.8 Å². The molecule has 2 amide bonds. The number of aromatic nitrogens is 1. The molecule has 0 N–H and O–H groups in total. The van der Waals surface area contributed by atoms with E-state index in [-0.39, 0.29) is 11.8 Å². The van der Waals surface area contributed by atoms with Crippen LogP contribution in [0.3, 0.4) is 0 Å². The molecule has 5 nitrogen and oxygen atoms in total. The molecule has 1 aliphatic heterocycles. The number of hydrogen-bond acceptors (Lipinski definition) is 2. The van der Waals surface area contributed by atoms with Crippen molar-refractivity contribution in [1.29, 1.82) is 0 Å². The summed E-state index contributed by atoms with van der Waals surface area (Å²) in [5.74, 6) is 0.636. The third-order valence-corrected chi connectivity index (χ3v) is 5.71. The number of amides is 2. The molecule has 0 radical (unpaired) electrons. The zero-order valence-corrected chi connectivity index (χ0v) is 17.7. The number of nitrogens with zero attached hydrogens (tertiary/aromatic N) is 3. The summed E-state index contributed by atoms with van der Waals surface area (Å²) in [5.41, 5.74) is 5.16. The molecule has 0 saturated carbocycles. The topological polar surface area (TPSA) is 45.6 Å². The zero-order valence-electron chi connectivity index (χ0n) is 17.7. The minimum Gasteiger partial charge on any atom is -0.341 e. The van der Waals surface area contributed by atoms with E-state index in [9.17, 15) is 9.59 Å². The highest BCUT2D eigenvalue weighted by Gasteiger charge is 2.24. The predicted molar refractivity (Wildman–Crippen MR) is 112 cm³/mol. The lowest BCUT2D eigenvalue weighted by Crippen LogP contribution is -2.36. The lowest BCUT2D eigenvalue weighted by atomic mass is 10.0. The Balaban J connectivity index is 1.85. The summed E-state index contributed by atoms with van der Waals surface area (Å²) in [7, 11) is 0. The molecule has 0 bridgehead atoms. The van der Waals surface area contributed by atoms with E-state index in [1.54, 1.807) is 6.92 Å². The van der Waals surface area contributed by atoms with Gasteiger partial charge in [-0.2, -0.15) is 0 Å². The van der Waals surface area contributed by atoms with Gasteiger partial charge in [0, 0.05) is 50.2 Å². The number of hydrogen-bond donors (Lipinski definition) is 0. The van der Waals surface area contributed by atoms with Gasteiger partial charge in [-0.15, -0.1) is 0 Å². The van der Waals surface area contributed by atoms with Gasteiger partial charge in [-0.25, -0.2) is 0 Å². The Hall–Kier alpha value is -2.56. The van der Waals surface area contributed by atoms with Gasteiger partial charge in [-0.3, -0.25) is 9.59 Å². The molecule has 1 aliphatic rings. The largest absolute Gasteiger partial charge is 0.341 e. The Morgan fingerprint density at radius 3 is 2.14 bits per heavy atom. The molecule has 2 aromatic rings. The average molecular weight is 382 g/mol. The number of rotatable bonds is 3. The SMILES string of the molecule is CC(=O)N1CCCN(C(=O)c2cc(C)n(-c3ccc(C(C)C)cc3)c2C)CC1. The fraction of sp³-hybridized carbons (Fsp3) is 0.478. The average Bonchev–Trinajstić information content (AvgIpc) is 2.84. The third-order valence-electron chi connectivity index (χ3n) is 5.71. The molecule has 1 aromatic carbocycles. The first-order valence-electron chi connectivity index (χ1n) is 10.1. The van der Waals surface area contributed by atoms with Crippen LogP contribution in [0.15, 0.2) is 30.3 Å². The number of carbonyl (C=O) groups is 2. The van der Waals surface area contributed by atoms with Crippen LogP contribution in [0, 0.1) is 13.8 Å². The van der Waals surface area contributed by atoms with Gasteiger partial charge in [-0.05, 0) is 49.9 Å². The van der Waals surface area contributed by atoms with Crippen molar-refractivity contribution in [2.75, 3.05) is 26.2 Å². The van der Waals surface area contributed by atoms with Crippen molar-refractivity contribution in [3.63, 3.8) is 0 Å². The monoisotopic (exact) mass is 381 g/mol. The molecule has 2 heterocycles. The highest BCUT2D eigenvalue weighted by atomic mass is 16.2. The van der Waals surface area contributed by atoms with Gasteiger partial charge in [0.15, 0.2) is 0 Å². The van der Waals surface area contributed by atoms with Crippen LogP contribution in [0.1, 0.15) is 60.4 Å². The quantitative estimate of drug-likeness (QED) is 0.809. The lowest BCUT2D eigenvalue weighted by molar-refractivity contribution is -0.128. The molecule has 1 fully saturated rings. The number of aryl methyl sites for hydroxylation is 1. The van der Waals surface area contributed by atoms with Gasteiger partial charge in [0.1, 0.15) is 0 Å². The molecule has 150 valence electrons. The van der Waals surface area contributed by atoms with Crippen molar-refractivity contribution in [3.8, 4) is 5.69 Å². The van der Waals surface area contributed by atoms with E-state index in [0.717, 1.165) is 35.6 Å². The standard InChI is InChI=1S/C23H31N3O2/c1-16(2)20-7-9-21(10-8-20)26-17(3)15-22(18(26)4)23(28)25-12-6-11-24(13-14-25)19(5)27/h7-10,15-16H,6,11-14H2,1-5H3. The van der Waals surface area contributed by atoms with Crippen LogP contribution >= 0.6 is 0 Å². The fourth-order valence-corrected chi connectivity index (χ4v) is 3.99. The maximum Gasteiger partial charge on any atom is 0.255 e. The molecule has 0 atom stereocenters. The van der Waals surface area contributed by atoms with Crippen LogP contribution in [0.25, 0.3) is 5.69 Å². The first kappa shape index (κ1) is 20.2. The summed E-state index contributed by atoms with van der Waals surface area (Å²) in [5, 5.41) is 0. The van der Waals surface area contributed by atoms with Gasteiger partial charge in [0.2, 0.25) is 5.91 Å². The first-order valence-corrected chi connectivity index (χ1v) is 10.1. The van der Waals surface area contributed by atoms with Crippen LogP contribution in [0.2, 0.25) is 0 Å². The van der Waals surface area contributed by atoms with Gasteiger partial charge < -0.3 is 14.4 Å². The maximum atomic E-state index is 13.2. The van der Waals surface area contributed by atoms with Crippen LogP contribution in [0.4, 0.5) is 0 Å². The Labute approximate surface area is 167 Å². The third kappa shape index (κ3) is 3.98. The Morgan fingerprint density at radius 2 is 1.54 bits per heavy atom. The molecule has 0 spiro atoms. The minimum absolute atomic E-state index is 0.0588. The molecule has 28 heavy (non-hydrogen) atoms. The predicted octanol–water partition coefficient (Wildman–Crippen LogP) is 3.91. The highest BCUT2D eigenvalue weighted by Crippen LogP contribution is 2.24. The normalized spacial score (nSPS) is 15.1. The number of benzene rings is 1. The van der Waals surface area contributed by atoms with E-state index >= 15 is 0 Å². The summed E-state index contributed by atoms with van der Waals surface area (Å²) < 4.78 is 2.15. The molecule has 5 heteroatoms. The Kier molecular flexibility index (Phi) is 5.92. The summed E-state index contributed by atoms with van der Waals surface area (Å²) in [6.45, 7) is 12.6. The minimum atomic E-state index is 0.0588. The van der Waals surface area contributed by atoms with Crippen LogP contribution in [-0.2, 0) is 4.79 Å². The second kappa shape index (κ2) is 8.21. The van der Waals surface area contributed by atoms with Crippen molar-refractivity contribution in [2.24, 2.45) is 0 Å². The van der Waals surface area contributed by atoms with E-state index < -0.39 is 0 Å². The summed E-state index contributed by atoms with van der Waals surface area (Å²) in [6, 6.07) is 10.6. The van der Waals surface area contributed by atoms with Crippen LogP contribution in [-0.4, -0.2) is 52.4 Å². The van der Waals surface area contributed by atoms with Crippen molar-refractivity contribution in [2.45, 2.75) is 47.0 Å². The maximum absolute atomic E-state index is 13.2. The van der Waals surface area contributed by atoms with Crippen molar-refractivity contribution in [3.05, 3.63) is 52.8 Å². The first-order chi connectivity index (χ1) is 13.3. The molecule has 3 rings (SSSR count). The number of carbonyl (C=O) groups excluding carboxylic acids is 2. The molecular formula is C23H31N3O2. The molecule has 1 aromatic heterocycles. The second-order valence-corrected chi connectivity index (χ2v) is 8.02. The molecule has 0 unspecified atom stereocenters. The van der Waals surface area contributed by atoms with Crippen molar-refractivity contribution < 1.29 is 9.59 Å². The van der Waals surface area contributed by atoms with Crippen LogP contribution < -0.4 is 0 Å². The summed E-state index contributed by atoms with van der Waals surface area (Å²) >= 11 is 0. The summed E-state index contributed by atoms with van der Waals surface area (Å²) in [4.78, 5) is 28.6. The molecule has 0 aliphatic carbocycles. The Morgan fingerprint density at radius 1 is 0.929 bits per heavy atom. The van der Waals surface area contributed by atoms with E-state index in [1.807, 2.05) is 29.7 Å². The van der Waals surface area contributed by atoms with E-state index in [4.69, 9.17) is 0 Å². The zero-order chi connectivity index (χ0) is 20.4. The lowest BCUT2D eigenvalue weighted by Gasteiger charge is -2.21. The smallest absolute Gasteiger partial charge is 0.255 e. The van der Waals surface area contributed by atoms with Gasteiger partial charge >= 0.3 is 0 Å². The Bertz CT molecular complexity index is 865. The van der Waals surface area contributed by atoms with E-state index in [1.165, 1.54) is 5.56 Å².